The van der Waals surface area contributed by atoms with E-state index >= 15 is 0 Å². The molecule has 0 aromatic heterocycles. The minimum atomic E-state index is -0.725. The molecule has 22 heavy (non-hydrogen) atoms. The van der Waals surface area contributed by atoms with Crippen molar-refractivity contribution in [3.8, 4) is 0 Å². The predicted molar refractivity (Wildman–Crippen MR) is 90.0 cm³/mol. The van der Waals surface area contributed by atoms with Crippen molar-refractivity contribution in [1.82, 2.24) is 0 Å². The van der Waals surface area contributed by atoms with Crippen molar-refractivity contribution in [3.63, 3.8) is 0 Å². The van der Waals surface area contributed by atoms with Crippen molar-refractivity contribution >= 4 is 5.97 Å². The van der Waals surface area contributed by atoms with E-state index in [-0.39, 0.29) is 6.61 Å². The van der Waals surface area contributed by atoms with Gasteiger partial charge in [-0.05, 0) is 57.8 Å². The molecular weight excluding hydrogens is 280 g/mol. The standard InChI is InChI=1S/C18H36O4/c1-17(2,11-9-13-19)10-5-7-14-22-15-8-6-12-18(3,4)16(20)21/h19H,5-15H2,1-4H3,(H,20,21). The highest BCUT2D eigenvalue weighted by molar-refractivity contribution is 5.73. The van der Waals surface area contributed by atoms with Gasteiger partial charge in [0.1, 0.15) is 0 Å². The fourth-order valence-corrected chi connectivity index (χ4v) is 2.47. The summed E-state index contributed by atoms with van der Waals surface area (Å²) >= 11 is 0. The Hall–Kier alpha value is -0.610. The molecule has 0 aromatic rings. The van der Waals surface area contributed by atoms with Gasteiger partial charge in [0.25, 0.3) is 0 Å². The molecule has 0 fully saturated rings. The van der Waals surface area contributed by atoms with Crippen LogP contribution in [0.4, 0.5) is 0 Å². The first kappa shape index (κ1) is 21.4. The van der Waals surface area contributed by atoms with Gasteiger partial charge in [0.15, 0.2) is 0 Å². The van der Waals surface area contributed by atoms with Crippen LogP contribution in [0, 0.1) is 10.8 Å². The van der Waals surface area contributed by atoms with Gasteiger partial charge in [-0.1, -0.05) is 26.7 Å². The van der Waals surface area contributed by atoms with E-state index in [2.05, 4.69) is 13.8 Å². The second-order valence-corrected chi connectivity index (χ2v) is 7.71. The molecule has 0 aliphatic heterocycles. The van der Waals surface area contributed by atoms with Crippen molar-refractivity contribution in [3.05, 3.63) is 0 Å². The number of carboxylic acids is 1. The van der Waals surface area contributed by atoms with E-state index < -0.39 is 11.4 Å². The van der Waals surface area contributed by atoms with Gasteiger partial charge in [-0.3, -0.25) is 4.79 Å². The molecule has 2 N–H and O–H groups in total. The van der Waals surface area contributed by atoms with Crippen LogP contribution in [0.25, 0.3) is 0 Å². The van der Waals surface area contributed by atoms with E-state index in [4.69, 9.17) is 14.9 Å². The predicted octanol–water partition coefficient (Wildman–Crippen LogP) is 4.25. The maximum absolute atomic E-state index is 11.0. The summed E-state index contributed by atoms with van der Waals surface area (Å²) in [6, 6.07) is 0. The molecule has 0 saturated carbocycles. The first-order valence-electron chi connectivity index (χ1n) is 8.63. The van der Waals surface area contributed by atoms with E-state index in [0.29, 0.717) is 11.8 Å². The minimum absolute atomic E-state index is 0.283. The zero-order valence-electron chi connectivity index (χ0n) is 15.0. The van der Waals surface area contributed by atoms with Crippen LogP contribution in [0.1, 0.15) is 79.1 Å². The molecule has 0 spiro atoms. The Morgan fingerprint density at radius 1 is 0.864 bits per heavy atom. The van der Waals surface area contributed by atoms with Crippen molar-refractivity contribution in [1.29, 1.82) is 0 Å². The Bertz CT molecular complexity index is 297. The van der Waals surface area contributed by atoms with E-state index in [1.807, 2.05) is 0 Å². The zero-order chi connectivity index (χ0) is 17.1. The quantitative estimate of drug-likeness (QED) is 0.470. The molecule has 0 rings (SSSR count). The van der Waals surface area contributed by atoms with Crippen LogP contribution in [0.5, 0.6) is 0 Å². The summed E-state index contributed by atoms with van der Waals surface area (Å²) in [5, 5.41) is 17.9. The SMILES string of the molecule is CC(C)(CCCO)CCCCOCCCCC(C)(C)C(=O)O. The topological polar surface area (TPSA) is 66.8 Å². The second-order valence-electron chi connectivity index (χ2n) is 7.71. The Balaban J connectivity index is 3.46. The maximum Gasteiger partial charge on any atom is 0.309 e. The summed E-state index contributed by atoms with van der Waals surface area (Å²) in [5.74, 6) is -0.725. The number of aliphatic hydroxyl groups excluding tert-OH is 1. The van der Waals surface area contributed by atoms with Gasteiger partial charge in [0.05, 0.1) is 5.41 Å². The summed E-state index contributed by atoms with van der Waals surface area (Å²) in [6.45, 7) is 9.86. The van der Waals surface area contributed by atoms with Crippen molar-refractivity contribution < 1.29 is 19.7 Å². The molecule has 0 aliphatic rings. The number of ether oxygens (including phenoxy) is 1. The van der Waals surface area contributed by atoms with Gasteiger partial charge >= 0.3 is 5.97 Å². The minimum Gasteiger partial charge on any atom is -0.481 e. The van der Waals surface area contributed by atoms with Crippen LogP contribution in [0.15, 0.2) is 0 Å². The first-order chi connectivity index (χ1) is 10.2. The van der Waals surface area contributed by atoms with Gasteiger partial charge < -0.3 is 14.9 Å². The van der Waals surface area contributed by atoms with Crippen molar-refractivity contribution in [2.24, 2.45) is 10.8 Å². The third kappa shape index (κ3) is 11.0. The average Bonchev–Trinajstić information content (AvgIpc) is 2.43. The lowest BCUT2D eigenvalue weighted by Gasteiger charge is -2.24. The number of hydrogen-bond acceptors (Lipinski definition) is 3. The van der Waals surface area contributed by atoms with Crippen LogP contribution >= 0.6 is 0 Å². The molecule has 0 saturated heterocycles. The third-order valence-electron chi connectivity index (χ3n) is 4.32. The van der Waals surface area contributed by atoms with Crippen LogP contribution in [0.2, 0.25) is 0 Å². The number of aliphatic hydroxyl groups is 1. The Morgan fingerprint density at radius 3 is 1.86 bits per heavy atom. The maximum atomic E-state index is 11.0. The second kappa shape index (κ2) is 11.0. The molecule has 0 aromatic carbocycles. The highest BCUT2D eigenvalue weighted by Crippen LogP contribution is 2.28. The number of rotatable bonds is 14. The number of aliphatic carboxylic acids is 1. The lowest BCUT2D eigenvalue weighted by Crippen LogP contribution is -2.23. The van der Waals surface area contributed by atoms with E-state index in [1.54, 1.807) is 13.8 Å². The molecule has 132 valence electrons. The molecule has 0 aliphatic carbocycles. The number of unbranched alkanes of at least 4 members (excludes halogenated alkanes) is 2. The van der Waals surface area contributed by atoms with Crippen molar-refractivity contribution in [2.45, 2.75) is 79.1 Å². The van der Waals surface area contributed by atoms with Gasteiger partial charge in [-0.25, -0.2) is 0 Å². The summed E-state index contributed by atoms with van der Waals surface area (Å²) in [5.41, 5.74) is -0.314. The normalized spacial score (nSPS) is 12.6. The molecule has 4 heteroatoms. The lowest BCUT2D eigenvalue weighted by molar-refractivity contribution is -0.147. The largest absolute Gasteiger partial charge is 0.481 e. The molecule has 0 atom stereocenters. The Morgan fingerprint density at radius 2 is 1.36 bits per heavy atom. The molecular formula is C18H36O4. The summed E-state index contributed by atoms with van der Waals surface area (Å²) < 4.78 is 5.62. The fraction of sp³-hybridized carbons (Fsp3) is 0.944. The molecule has 0 amide bonds. The highest BCUT2D eigenvalue weighted by Gasteiger charge is 2.25. The zero-order valence-corrected chi connectivity index (χ0v) is 15.0. The van der Waals surface area contributed by atoms with Gasteiger partial charge in [0, 0.05) is 19.8 Å². The number of carboxylic acid groups (broad SMARTS) is 1. The number of carbonyl (C=O) groups is 1. The van der Waals surface area contributed by atoms with Crippen LogP contribution < -0.4 is 0 Å². The first-order valence-corrected chi connectivity index (χ1v) is 8.63. The van der Waals surface area contributed by atoms with E-state index in [9.17, 15) is 4.79 Å². The summed E-state index contributed by atoms with van der Waals surface area (Å²) in [6.07, 6.45) is 7.88. The van der Waals surface area contributed by atoms with Gasteiger partial charge in [-0.15, -0.1) is 0 Å². The molecule has 0 unspecified atom stereocenters. The van der Waals surface area contributed by atoms with Crippen LogP contribution in [0.3, 0.4) is 0 Å². The smallest absolute Gasteiger partial charge is 0.309 e. The van der Waals surface area contributed by atoms with E-state index in [0.717, 1.165) is 51.7 Å². The average molecular weight is 316 g/mol. The molecule has 4 nitrogen and oxygen atoms in total. The fourth-order valence-electron chi connectivity index (χ4n) is 2.47. The summed E-state index contributed by atoms with van der Waals surface area (Å²) in [7, 11) is 0. The van der Waals surface area contributed by atoms with E-state index in [1.165, 1.54) is 6.42 Å². The highest BCUT2D eigenvalue weighted by atomic mass is 16.5. The van der Waals surface area contributed by atoms with Gasteiger partial charge in [0.2, 0.25) is 0 Å². The Labute approximate surface area is 136 Å². The third-order valence-corrected chi connectivity index (χ3v) is 4.32. The molecule has 0 bridgehead atoms. The lowest BCUT2D eigenvalue weighted by atomic mass is 9.83. The number of hydrogen-bond donors (Lipinski definition) is 2. The summed E-state index contributed by atoms with van der Waals surface area (Å²) in [4.78, 5) is 11.0. The monoisotopic (exact) mass is 316 g/mol. The van der Waals surface area contributed by atoms with Crippen LogP contribution in [-0.4, -0.2) is 36.0 Å². The Kier molecular flexibility index (Phi) is 10.7. The van der Waals surface area contributed by atoms with Crippen LogP contribution in [-0.2, 0) is 9.53 Å². The molecule has 0 heterocycles. The molecule has 0 radical (unpaired) electrons. The van der Waals surface area contributed by atoms with Gasteiger partial charge in [-0.2, -0.15) is 0 Å². The van der Waals surface area contributed by atoms with Crippen molar-refractivity contribution in [2.75, 3.05) is 19.8 Å².